The van der Waals surface area contributed by atoms with Crippen LogP contribution in [-0.4, -0.2) is 5.38 Å². The number of halogens is 1. The van der Waals surface area contributed by atoms with Gasteiger partial charge in [0.1, 0.15) is 0 Å². The molecule has 2 fully saturated rings. The molecule has 0 saturated heterocycles. The highest BCUT2D eigenvalue weighted by molar-refractivity contribution is 6.20. The third kappa shape index (κ3) is 3.63. The molecule has 0 aromatic heterocycles. The van der Waals surface area contributed by atoms with Crippen molar-refractivity contribution in [1.82, 2.24) is 0 Å². The first-order chi connectivity index (χ1) is 7.97. The first-order valence-electron chi connectivity index (χ1n) is 7.61. The molecule has 2 aliphatic carbocycles. The van der Waals surface area contributed by atoms with Crippen molar-refractivity contribution in [1.29, 1.82) is 0 Å². The first kappa shape index (κ1) is 13.7. The molecular weight excluding hydrogens is 228 g/mol. The maximum absolute atomic E-state index is 6.58. The maximum Gasteiger partial charge on any atom is 0.0364 e. The Morgan fingerprint density at radius 3 is 2.24 bits per heavy atom. The van der Waals surface area contributed by atoms with Crippen LogP contribution in [0.4, 0.5) is 0 Å². The summed E-state index contributed by atoms with van der Waals surface area (Å²) in [6, 6.07) is 0. The van der Waals surface area contributed by atoms with Gasteiger partial charge in [0.2, 0.25) is 0 Å². The van der Waals surface area contributed by atoms with E-state index in [9.17, 15) is 0 Å². The van der Waals surface area contributed by atoms with Gasteiger partial charge in [-0.25, -0.2) is 0 Å². The molecule has 0 radical (unpaired) electrons. The van der Waals surface area contributed by atoms with Crippen molar-refractivity contribution in [3.05, 3.63) is 0 Å². The summed E-state index contributed by atoms with van der Waals surface area (Å²) in [6.45, 7) is 7.20. The highest BCUT2D eigenvalue weighted by atomic mass is 35.5. The van der Waals surface area contributed by atoms with E-state index in [-0.39, 0.29) is 0 Å². The molecule has 3 atom stereocenters. The van der Waals surface area contributed by atoms with Crippen molar-refractivity contribution in [2.45, 2.75) is 77.5 Å². The predicted molar refractivity (Wildman–Crippen MR) is 76.5 cm³/mol. The number of alkyl halides is 1. The lowest BCUT2D eigenvalue weighted by molar-refractivity contribution is 0.131. The van der Waals surface area contributed by atoms with Crippen molar-refractivity contribution >= 4 is 11.6 Å². The van der Waals surface area contributed by atoms with Crippen molar-refractivity contribution in [3.63, 3.8) is 0 Å². The summed E-state index contributed by atoms with van der Waals surface area (Å²) < 4.78 is 0. The fraction of sp³-hybridized carbons (Fsp3) is 1.00. The predicted octanol–water partition coefficient (Wildman–Crippen LogP) is 5.64. The Balaban J connectivity index is 1.90. The quantitative estimate of drug-likeness (QED) is 0.561. The third-order valence-corrected chi connectivity index (χ3v) is 5.80. The topological polar surface area (TPSA) is 0 Å². The molecule has 2 saturated carbocycles. The molecule has 0 nitrogen and oxygen atoms in total. The van der Waals surface area contributed by atoms with Gasteiger partial charge >= 0.3 is 0 Å². The zero-order chi connectivity index (χ0) is 12.5. The Morgan fingerprint density at radius 2 is 1.65 bits per heavy atom. The highest BCUT2D eigenvalue weighted by Crippen LogP contribution is 2.45. The van der Waals surface area contributed by atoms with Crippen LogP contribution in [0.5, 0.6) is 0 Å². The van der Waals surface area contributed by atoms with Crippen LogP contribution in [0.25, 0.3) is 0 Å². The average molecular weight is 257 g/mol. The van der Waals surface area contributed by atoms with E-state index < -0.39 is 0 Å². The average Bonchev–Trinajstić information content (AvgIpc) is 2.72. The number of rotatable bonds is 2. The maximum atomic E-state index is 6.58. The summed E-state index contributed by atoms with van der Waals surface area (Å²) in [4.78, 5) is 0. The molecule has 0 N–H and O–H groups in total. The molecule has 0 aromatic carbocycles. The van der Waals surface area contributed by atoms with Crippen LogP contribution in [0.2, 0.25) is 0 Å². The van der Waals surface area contributed by atoms with Gasteiger partial charge in [0.05, 0.1) is 0 Å². The molecule has 2 aliphatic rings. The van der Waals surface area contributed by atoms with Gasteiger partial charge in [-0.2, -0.15) is 0 Å². The number of hydrogen-bond donors (Lipinski definition) is 0. The highest BCUT2D eigenvalue weighted by Gasteiger charge is 2.36. The van der Waals surface area contributed by atoms with E-state index >= 15 is 0 Å². The molecule has 0 amide bonds. The van der Waals surface area contributed by atoms with Gasteiger partial charge in [0.25, 0.3) is 0 Å². The molecule has 17 heavy (non-hydrogen) atoms. The molecule has 0 heterocycles. The Labute approximate surface area is 113 Å². The van der Waals surface area contributed by atoms with E-state index in [1.165, 1.54) is 51.4 Å². The lowest BCUT2D eigenvalue weighted by atomic mass is 9.67. The van der Waals surface area contributed by atoms with Crippen LogP contribution in [0.15, 0.2) is 0 Å². The molecule has 0 spiro atoms. The minimum atomic E-state index is 0.467. The second-order valence-corrected chi connectivity index (χ2v) is 8.10. The van der Waals surface area contributed by atoms with E-state index in [1.54, 1.807) is 0 Å². The van der Waals surface area contributed by atoms with E-state index in [1.807, 2.05) is 0 Å². The van der Waals surface area contributed by atoms with Crippen LogP contribution in [0, 0.1) is 23.2 Å². The zero-order valence-corrected chi connectivity index (χ0v) is 12.6. The fourth-order valence-corrected chi connectivity index (χ4v) is 4.26. The van der Waals surface area contributed by atoms with Gasteiger partial charge in [0.15, 0.2) is 0 Å². The van der Waals surface area contributed by atoms with Crippen molar-refractivity contribution < 1.29 is 0 Å². The Morgan fingerprint density at radius 1 is 1.00 bits per heavy atom. The van der Waals surface area contributed by atoms with Crippen molar-refractivity contribution in [2.24, 2.45) is 23.2 Å². The molecule has 0 bridgehead atoms. The summed E-state index contributed by atoms with van der Waals surface area (Å²) in [6.07, 6.45) is 11.3. The smallest absolute Gasteiger partial charge is 0.0364 e. The first-order valence-corrected chi connectivity index (χ1v) is 8.04. The minimum Gasteiger partial charge on any atom is -0.123 e. The standard InChI is InChI=1S/C16H29Cl/c1-16(2,3)14-8-9-15(17)13(11-14)10-12-6-4-5-7-12/h12-15H,4-11H2,1-3H3. The van der Waals surface area contributed by atoms with Crippen molar-refractivity contribution in [2.75, 3.05) is 0 Å². The van der Waals surface area contributed by atoms with Crippen LogP contribution in [0.3, 0.4) is 0 Å². The van der Waals surface area contributed by atoms with E-state index in [2.05, 4.69) is 20.8 Å². The van der Waals surface area contributed by atoms with Crippen LogP contribution in [-0.2, 0) is 0 Å². The van der Waals surface area contributed by atoms with E-state index in [0.717, 1.165) is 17.8 Å². The fourth-order valence-electron chi connectivity index (χ4n) is 3.93. The number of hydrogen-bond acceptors (Lipinski definition) is 0. The second kappa shape index (κ2) is 5.51. The van der Waals surface area contributed by atoms with Crippen LogP contribution < -0.4 is 0 Å². The van der Waals surface area contributed by atoms with E-state index in [0.29, 0.717) is 10.8 Å². The monoisotopic (exact) mass is 256 g/mol. The molecule has 1 heteroatoms. The Bertz CT molecular complexity index is 234. The van der Waals surface area contributed by atoms with E-state index in [4.69, 9.17) is 11.6 Å². The molecule has 0 aliphatic heterocycles. The largest absolute Gasteiger partial charge is 0.123 e. The SMILES string of the molecule is CC(C)(C)C1CCC(Cl)C(CC2CCCC2)C1. The lowest BCUT2D eigenvalue weighted by Gasteiger charge is -2.40. The van der Waals surface area contributed by atoms with Gasteiger partial charge in [-0.05, 0) is 48.9 Å². The summed E-state index contributed by atoms with van der Waals surface area (Å²) in [5.41, 5.74) is 0.477. The minimum absolute atomic E-state index is 0.467. The Hall–Kier alpha value is 0.290. The van der Waals surface area contributed by atoms with Crippen LogP contribution in [0.1, 0.15) is 72.1 Å². The molecule has 2 rings (SSSR count). The Kier molecular flexibility index (Phi) is 4.45. The van der Waals surface area contributed by atoms with Crippen LogP contribution >= 0.6 is 11.6 Å². The zero-order valence-electron chi connectivity index (χ0n) is 11.8. The second-order valence-electron chi connectivity index (χ2n) is 7.54. The third-order valence-electron chi connectivity index (χ3n) is 5.23. The van der Waals surface area contributed by atoms with Crippen molar-refractivity contribution in [3.8, 4) is 0 Å². The molecule has 3 unspecified atom stereocenters. The summed E-state index contributed by atoms with van der Waals surface area (Å²) in [7, 11) is 0. The van der Waals surface area contributed by atoms with Gasteiger partial charge < -0.3 is 0 Å². The van der Waals surface area contributed by atoms with Gasteiger partial charge in [-0.1, -0.05) is 46.5 Å². The van der Waals surface area contributed by atoms with Gasteiger partial charge in [-0.3, -0.25) is 0 Å². The molecule has 0 aromatic rings. The summed E-state index contributed by atoms with van der Waals surface area (Å²) >= 11 is 6.58. The lowest BCUT2D eigenvalue weighted by Crippen LogP contribution is -2.33. The molecule has 100 valence electrons. The van der Waals surface area contributed by atoms with Gasteiger partial charge in [0, 0.05) is 5.38 Å². The molecular formula is C16H29Cl. The van der Waals surface area contributed by atoms with Gasteiger partial charge in [-0.15, -0.1) is 11.6 Å². The summed E-state index contributed by atoms with van der Waals surface area (Å²) in [5.74, 6) is 2.70. The normalized spacial score (nSPS) is 36.4. The summed E-state index contributed by atoms with van der Waals surface area (Å²) in [5, 5.41) is 0.467.